The lowest BCUT2D eigenvalue weighted by molar-refractivity contribution is -0.137. The first-order valence-electron chi connectivity index (χ1n) is 8.55. The molecular weight excluding hydrogens is 377 g/mol. The summed E-state index contributed by atoms with van der Waals surface area (Å²) in [5, 5.41) is 0. The summed E-state index contributed by atoms with van der Waals surface area (Å²) in [6, 6.07) is 10.8. The van der Waals surface area contributed by atoms with Gasteiger partial charge in [0.1, 0.15) is 0 Å². The van der Waals surface area contributed by atoms with Crippen molar-refractivity contribution in [1.29, 1.82) is 0 Å². The van der Waals surface area contributed by atoms with Crippen LogP contribution in [0.5, 0.6) is 0 Å². The summed E-state index contributed by atoms with van der Waals surface area (Å²) in [4.78, 5) is 18.0. The molecule has 2 aliphatic heterocycles. The fourth-order valence-electron chi connectivity index (χ4n) is 3.22. The van der Waals surface area contributed by atoms with E-state index in [0.29, 0.717) is 36.9 Å². The Kier molecular flexibility index (Phi) is 4.88. The minimum atomic E-state index is -4.46. The van der Waals surface area contributed by atoms with Crippen LogP contribution in [0.4, 0.5) is 24.5 Å². The molecule has 0 atom stereocenters. The van der Waals surface area contributed by atoms with Crippen molar-refractivity contribution in [2.45, 2.75) is 16.0 Å². The van der Waals surface area contributed by atoms with Crippen LogP contribution in [0.3, 0.4) is 0 Å². The zero-order valence-electron chi connectivity index (χ0n) is 14.3. The SMILES string of the molecule is O=C(CN1CCOCC1)N1c2ccccc2Sc2ccc(C(F)(F)F)cc21. The van der Waals surface area contributed by atoms with Gasteiger partial charge in [-0.2, -0.15) is 13.2 Å². The number of hydrogen-bond acceptors (Lipinski definition) is 4. The Morgan fingerprint density at radius 1 is 1.04 bits per heavy atom. The second kappa shape index (κ2) is 7.18. The molecule has 0 N–H and O–H groups in total. The first-order valence-corrected chi connectivity index (χ1v) is 9.36. The summed E-state index contributed by atoms with van der Waals surface area (Å²) in [5.74, 6) is -0.245. The summed E-state index contributed by atoms with van der Waals surface area (Å²) < 4.78 is 45.0. The number of ether oxygens (including phenoxy) is 1. The van der Waals surface area contributed by atoms with Crippen molar-refractivity contribution in [3.05, 3.63) is 48.0 Å². The Bertz CT molecular complexity index is 866. The van der Waals surface area contributed by atoms with Gasteiger partial charge in [0.25, 0.3) is 0 Å². The van der Waals surface area contributed by atoms with Crippen molar-refractivity contribution in [3.63, 3.8) is 0 Å². The van der Waals surface area contributed by atoms with Crippen LogP contribution in [0.2, 0.25) is 0 Å². The van der Waals surface area contributed by atoms with Crippen LogP contribution in [-0.4, -0.2) is 43.7 Å². The molecule has 0 bridgehead atoms. The number of hydrogen-bond donors (Lipinski definition) is 0. The quantitative estimate of drug-likeness (QED) is 0.766. The molecule has 0 aliphatic carbocycles. The third kappa shape index (κ3) is 3.69. The molecule has 0 aromatic heterocycles. The third-order valence-electron chi connectivity index (χ3n) is 4.57. The van der Waals surface area contributed by atoms with Crippen LogP contribution in [0.25, 0.3) is 0 Å². The number of rotatable bonds is 2. The molecule has 1 amide bonds. The van der Waals surface area contributed by atoms with E-state index in [1.165, 1.54) is 22.7 Å². The number of morpholine rings is 1. The number of carbonyl (C=O) groups excluding carboxylic acids is 1. The number of nitrogens with zero attached hydrogens (tertiary/aromatic N) is 2. The molecule has 0 saturated carbocycles. The van der Waals surface area contributed by atoms with E-state index in [-0.39, 0.29) is 18.1 Å². The van der Waals surface area contributed by atoms with Gasteiger partial charge >= 0.3 is 6.18 Å². The molecule has 0 unspecified atom stereocenters. The summed E-state index contributed by atoms with van der Waals surface area (Å²) in [6.07, 6.45) is -4.46. The second-order valence-corrected chi connectivity index (χ2v) is 7.45. The summed E-state index contributed by atoms with van der Waals surface area (Å²) in [5.41, 5.74) is 0.143. The Morgan fingerprint density at radius 3 is 2.48 bits per heavy atom. The molecule has 2 aromatic rings. The molecule has 1 fully saturated rings. The Morgan fingerprint density at radius 2 is 1.74 bits per heavy atom. The smallest absolute Gasteiger partial charge is 0.379 e. The lowest BCUT2D eigenvalue weighted by Crippen LogP contribution is -2.44. The molecule has 2 aliphatic rings. The molecule has 4 nitrogen and oxygen atoms in total. The van der Waals surface area contributed by atoms with E-state index in [0.717, 1.165) is 17.0 Å². The topological polar surface area (TPSA) is 32.8 Å². The zero-order chi connectivity index (χ0) is 19.0. The molecular formula is C19H17F3N2O2S. The van der Waals surface area contributed by atoms with Crippen LogP contribution in [0, 0.1) is 0 Å². The number of halogens is 3. The molecule has 142 valence electrons. The summed E-state index contributed by atoms with van der Waals surface area (Å²) in [6.45, 7) is 2.50. The highest BCUT2D eigenvalue weighted by Crippen LogP contribution is 2.49. The first-order chi connectivity index (χ1) is 12.9. The second-order valence-electron chi connectivity index (χ2n) is 6.37. The van der Waals surface area contributed by atoms with Crippen LogP contribution in [0.1, 0.15) is 5.56 Å². The fraction of sp³-hybridized carbons (Fsp3) is 0.316. The van der Waals surface area contributed by atoms with Crippen LogP contribution >= 0.6 is 11.8 Å². The van der Waals surface area contributed by atoms with Gasteiger partial charge in [-0.05, 0) is 30.3 Å². The van der Waals surface area contributed by atoms with Crippen LogP contribution < -0.4 is 4.90 Å². The van der Waals surface area contributed by atoms with Gasteiger partial charge in [0.15, 0.2) is 0 Å². The molecule has 8 heteroatoms. The average Bonchev–Trinajstić information content (AvgIpc) is 2.65. The monoisotopic (exact) mass is 394 g/mol. The standard InChI is InChI=1S/C19H17F3N2O2S/c20-19(21,22)13-5-6-17-15(11-13)24(14-3-1-2-4-16(14)27-17)18(25)12-23-7-9-26-10-8-23/h1-6,11H,7-10,12H2. The minimum absolute atomic E-state index is 0.137. The minimum Gasteiger partial charge on any atom is -0.379 e. The molecule has 4 rings (SSSR count). The number of benzene rings is 2. The van der Waals surface area contributed by atoms with Gasteiger partial charge in [0, 0.05) is 22.9 Å². The summed E-state index contributed by atoms with van der Waals surface area (Å²) >= 11 is 1.37. The number of alkyl halides is 3. The Balaban J connectivity index is 1.73. The maximum absolute atomic E-state index is 13.2. The van der Waals surface area contributed by atoms with E-state index in [4.69, 9.17) is 4.74 Å². The van der Waals surface area contributed by atoms with E-state index >= 15 is 0 Å². The van der Waals surface area contributed by atoms with E-state index < -0.39 is 11.7 Å². The number of para-hydroxylation sites is 1. The van der Waals surface area contributed by atoms with E-state index in [9.17, 15) is 18.0 Å². The zero-order valence-corrected chi connectivity index (χ0v) is 15.1. The molecule has 2 heterocycles. The van der Waals surface area contributed by atoms with Crippen molar-refractivity contribution >= 4 is 29.0 Å². The third-order valence-corrected chi connectivity index (χ3v) is 5.70. The number of amides is 1. The number of anilines is 2. The molecule has 27 heavy (non-hydrogen) atoms. The lowest BCUT2D eigenvalue weighted by atomic mass is 10.1. The van der Waals surface area contributed by atoms with Crippen molar-refractivity contribution < 1.29 is 22.7 Å². The van der Waals surface area contributed by atoms with Gasteiger partial charge in [-0.3, -0.25) is 14.6 Å². The first kappa shape index (κ1) is 18.3. The predicted molar refractivity (Wildman–Crippen MR) is 96.4 cm³/mol. The lowest BCUT2D eigenvalue weighted by Gasteiger charge is -2.34. The Hall–Kier alpha value is -2.03. The fourth-order valence-corrected chi connectivity index (χ4v) is 4.26. The van der Waals surface area contributed by atoms with Gasteiger partial charge in [0.2, 0.25) is 5.91 Å². The van der Waals surface area contributed by atoms with Crippen LogP contribution in [0.15, 0.2) is 52.3 Å². The average molecular weight is 394 g/mol. The van der Waals surface area contributed by atoms with Crippen LogP contribution in [-0.2, 0) is 15.7 Å². The van der Waals surface area contributed by atoms with E-state index in [1.54, 1.807) is 12.1 Å². The van der Waals surface area contributed by atoms with Gasteiger partial charge in [-0.15, -0.1) is 0 Å². The summed E-state index contributed by atoms with van der Waals surface area (Å²) in [7, 11) is 0. The maximum Gasteiger partial charge on any atom is 0.416 e. The predicted octanol–water partition coefficient (Wildman–Crippen LogP) is 4.17. The van der Waals surface area contributed by atoms with Gasteiger partial charge in [-0.1, -0.05) is 23.9 Å². The highest BCUT2D eigenvalue weighted by Gasteiger charge is 2.35. The highest BCUT2D eigenvalue weighted by molar-refractivity contribution is 7.99. The van der Waals surface area contributed by atoms with Crippen molar-refractivity contribution in [2.24, 2.45) is 0 Å². The van der Waals surface area contributed by atoms with Gasteiger partial charge in [-0.25, -0.2) is 0 Å². The van der Waals surface area contributed by atoms with E-state index in [1.807, 2.05) is 17.0 Å². The van der Waals surface area contributed by atoms with Crippen molar-refractivity contribution in [3.8, 4) is 0 Å². The highest BCUT2D eigenvalue weighted by atomic mass is 32.2. The molecule has 2 aromatic carbocycles. The van der Waals surface area contributed by atoms with Crippen molar-refractivity contribution in [2.75, 3.05) is 37.7 Å². The largest absolute Gasteiger partial charge is 0.416 e. The normalized spacial score (nSPS) is 17.4. The maximum atomic E-state index is 13.2. The Labute approximate surface area is 158 Å². The number of fused-ring (bicyclic) bond motifs is 2. The molecule has 0 radical (unpaired) electrons. The molecule has 1 saturated heterocycles. The van der Waals surface area contributed by atoms with Gasteiger partial charge in [0.05, 0.1) is 36.7 Å². The van der Waals surface area contributed by atoms with Gasteiger partial charge < -0.3 is 4.74 Å². The number of carbonyl (C=O) groups is 1. The van der Waals surface area contributed by atoms with E-state index in [2.05, 4.69) is 0 Å². The molecule has 0 spiro atoms. The van der Waals surface area contributed by atoms with Crippen molar-refractivity contribution in [1.82, 2.24) is 4.90 Å².